The van der Waals surface area contributed by atoms with E-state index in [-0.39, 0.29) is 30.1 Å². The number of ether oxygens (including phenoxy) is 2. The van der Waals surface area contributed by atoms with Crippen LogP contribution >= 0.6 is 0 Å². The van der Waals surface area contributed by atoms with E-state index in [9.17, 15) is 9.59 Å². The number of rotatable bonds is 5. The zero-order chi connectivity index (χ0) is 15.7. The second kappa shape index (κ2) is 6.14. The van der Waals surface area contributed by atoms with Gasteiger partial charge >= 0.3 is 0 Å². The van der Waals surface area contributed by atoms with Gasteiger partial charge in [0.15, 0.2) is 0 Å². The minimum Gasteiger partial charge on any atom is -0.375 e. The van der Waals surface area contributed by atoms with Crippen LogP contribution in [0, 0.1) is 5.92 Å². The molecule has 0 radical (unpaired) electrons. The van der Waals surface area contributed by atoms with Gasteiger partial charge in [0.05, 0.1) is 19.7 Å². The third-order valence-corrected chi connectivity index (χ3v) is 4.80. The molecule has 0 bridgehead atoms. The first-order chi connectivity index (χ1) is 10.6. The third kappa shape index (κ3) is 3.11. The molecule has 0 aromatic heterocycles. The van der Waals surface area contributed by atoms with E-state index in [0.717, 1.165) is 13.1 Å². The molecule has 3 rings (SSSR count). The largest absolute Gasteiger partial charge is 0.375 e. The molecular weight excluding hydrogens is 286 g/mol. The molecular formula is C15H25N3O4. The lowest BCUT2D eigenvalue weighted by atomic mass is 9.90. The molecule has 2 aliphatic heterocycles. The summed E-state index contributed by atoms with van der Waals surface area (Å²) in [6.45, 7) is 3.38. The SMILES string of the molecule is CNC(=O)C1COC2(CN(C(=O)COC)C2)CN1CC1CC1. The molecule has 1 spiro atoms. The molecule has 3 aliphatic rings. The van der Waals surface area contributed by atoms with Crippen LogP contribution in [0.15, 0.2) is 0 Å². The maximum Gasteiger partial charge on any atom is 0.248 e. The quantitative estimate of drug-likeness (QED) is 0.710. The van der Waals surface area contributed by atoms with Crippen molar-refractivity contribution in [2.24, 2.45) is 5.92 Å². The van der Waals surface area contributed by atoms with E-state index in [2.05, 4.69) is 10.2 Å². The summed E-state index contributed by atoms with van der Waals surface area (Å²) in [5.74, 6) is 0.731. The molecule has 1 unspecified atom stereocenters. The molecule has 0 aromatic rings. The van der Waals surface area contributed by atoms with Crippen LogP contribution in [0.3, 0.4) is 0 Å². The second-order valence-corrected chi connectivity index (χ2v) is 6.68. The first kappa shape index (κ1) is 15.7. The Morgan fingerprint density at radius 2 is 2.05 bits per heavy atom. The number of nitrogens with zero attached hydrogens (tertiary/aromatic N) is 2. The van der Waals surface area contributed by atoms with Gasteiger partial charge in [0.1, 0.15) is 18.2 Å². The van der Waals surface area contributed by atoms with Crippen molar-refractivity contribution in [2.45, 2.75) is 24.5 Å². The third-order valence-electron chi connectivity index (χ3n) is 4.80. The van der Waals surface area contributed by atoms with Gasteiger partial charge in [0, 0.05) is 27.2 Å². The lowest BCUT2D eigenvalue weighted by Crippen LogP contribution is -2.74. The Morgan fingerprint density at radius 3 is 2.64 bits per heavy atom. The standard InChI is InChI=1S/C15H25N3O4/c1-16-14(20)12-6-22-15(8-17(12)5-11-3-4-11)9-18(10-15)13(19)7-21-2/h11-12H,3-10H2,1-2H3,(H,16,20). The first-order valence-corrected chi connectivity index (χ1v) is 7.93. The van der Waals surface area contributed by atoms with Crippen LogP contribution in [0.4, 0.5) is 0 Å². The summed E-state index contributed by atoms with van der Waals surface area (Å²) in [5.41, 5.74) is -0.303. The average molecular weight is 311 g/mol. The fourth-order valence-corrected chi connectivity index (χ4v) is 3.35. The van der Waals surface area contributed by atoms with Gasteiger partial charge in [0.25, 0.3) is 0 Å². The van der Waals surface area contributed by atoms with Crippen molar-refractivity contribution in [3.05, 3.63) is 0 Å². The van der Waals surface area contributed by atoms with Crippen molar-refractivity contribution in [1.82, 2.24) is 15.1 Å². The van der Waals surface area contributed by atoms with Gasteiger partial charge in [-0.05, 0) is 18.8 Å². The summed E-state index contributed by atoms with van der Waals surface area (Å²) in [5, 5.41) is 2.72. The highest BCUT2D eigenvalue weighted by Crippen LogP contribution is 2.35. The lowest BCUT2D eigenvalue weighted by molar-refractivity contribution is -0.205. The molecule has 1 N–H and O–H groups in total. The van der Waals surface area contributed by atoms with Crippen molar-refractivity contribution < 1.29 is 19.1 Å². The van der Waals surface area contributed by atoms with Crippen LogP contribution in [0.25, 0.3) is 0 Å². The number of methoxy groups -OCH3 is 1. The van der Waals surface area contributed by atoms with Crippen LogP contribution in [0.5, 0.6) is 0 Å². The van der Waals surface area contributed by atoms with Crippen molar-refractivity contribution in [3.8, 4) is 0 Å². The fourth-order valence-electron chi connectivity index (χ4n) is 3.35. The normalized spacial score (nSPS) is 27.5. The van der Waals surface area contributed by atoms with Crippen LogP contribution in [-0.2, 0) is 19.1 Å². The van der Waals surface area contributed by atoms with Gasteiger partial charge in [-0.2, -0.15) is 0 Å². The number of hydrogen-bond donors (Lipinski definition) is 1. The molecule has 3 fully saturated rings. The Kier molecular flexibility index (Phi) is 4.38. The van der Waals surface area contributed by atoms with Gasteiger partial charge in [-0.1, -0.05) is 0 Å². The molecule has 22 heavy (non-hydrogen) atoms. The van der Waals surface area contributed by atoms with Crippen LogP contribution in [0.1, 0.15) is 12.8 Å². The molecule has 7 nitrogen and oxygen atoms in total. The zero-order valence-electron chi connectivity index (χ0n) is 13.3. The Balaban J connectivity index is 1.60. The van der Waals surface area contributed by atoms with E-state index in [1.807, 2.05) is 0 Å². The number of carbonyl (C=O) groups is 2. The molecule has 124 valence electrons. The smallest absolute Gasteiger partial charge is 0.248 e. The minimum absolute atomic E-state index is 0.00103. The number of hydrogen-bond acceptors (Lipinski definition) is 5. The van der Waals surface area contributed by atoms with E-state index in [1.165, 1.54) is 20.0 Å². The Bertz CT molecular complexity index is 446. The first-order valence-electron chi connectivity index (χ1n) is 7.93. The molecule has 1 saturated carbocycles. The molecule has 7 heteroatoms. The maximum atomic E-state index is 12.0. The predicted molar refractivity (Wildman–Crippen MR) is 79.3 cm³/mol. The lowest BCUT2D eigenvalue weighted by Gasteiger charge is -2.55. The van der Waals surface area contributed by atoms with Crippen molar-refractivity contribution in [1.29, 1.82) is 0 Å². The Hall–Kier alpha value is -1.18. The van der Waals surface area contributed by atoms with E-state index in [4.69, 9.17) is 9.47 Å². The number of nitrogens with one attached hydrogen (secondary N) is 1. The number of amides is 2. The number of likely N-dealkylation sites (tertiary alicyclic amines) is 1. The van der Waals surface area contributed by atoms with E-state index < -0.39 is 0 Å². The Morgan fingerprint density at radius 1 is 1.32 bits per heavy atom. The van der Waals surface area contributed by atoms with Crippen LogP contribution < -0.4 is 5.32 Å². The highest BCUT2D eigenvalue weighted by atomic mass is 16.5. The Labute approximate surface area is 130 Å². The summed E-state index contributed by atoms with van der Waals surface area (Å²) in [7, 11) is 3.19. The van der Waals surface area contributed by atoms with Gasteiger partial charge in [0.2, 0.25) is 11.8 Å². The summed E-state index contributed by atoms with van der Waals surface area (Å²) >= 11 is 0. The number of carbonyl (C=O) groups excluding carboxylic acids is 2. The van der Waals surface area contributed by atoms with Crippen molar-refractivity contribution in [2.75, 3.05) is 53.6 Å². The summed E-state index contributed by atoms with van der Waals surface area (Å²) in [4.78, 5) is 27.9. The van der Waals surface area contributed by atoms with Gasteiger partial charge in [-0.3, -0.25) is 14.5 Å². The average Bonchev–Trinajstić information content (AvgIpc) is 3.28. The number of morpholine rings is 1. The van der Waals surface area contributed by atoms with Crippen molar-refractivity contribution in [3.63, 3.8) is 0 Å². The number of likely N-dealkylation sites (N-methyl/N-ethyl adjacent to an activating group) is 1. The van der Waals surface area contributed by atoms with E-state index in [0.29, 0.717) is 25.6 Å². The molecule has 2 amide bonds. The summed E-state index contributed by atoms with van der Waals surface area (Å²) < 4.78 is 10.9. The molecule has 1 aliphatic carbocycles. The minimum atomic E-state index is -0.303. The van der Waals surface area contributed by atoms with Crippen LogP contribution in [-0.4, -0.2) is 86.8 Å². The van der Waals surface area contributed by atoms with Gasteiger partial charge in [-0.25, -0.2) is 0 Å². The molecule has 0 aromatic carbocycles. The monoisotopic (exact) mass is 311 g/mol. The second-order valence-electron chi connectivity index (χ2n) is 6.68. The summed E-state index contributed by atoms with van der Waals surface area (Å²) in [6.07, 6.45) is 2.51. The van der Waals surface area contributed by atoms with Crippen LogP contribution in [0.2, 0.25) is 0 Å². The fraction of sp³-hybridized carbons (Fsp3) is 0.867. The van der Waals surface area contributed by atoms with E-state index >= 15 is 0 Å². The molecule has 2 heterocycles. The topological polar surface area (TPSA) is 71.1 Å². The summed E-state index contributed by atoms with van der Waals surface area (Å²) in [6, 6.07) is -0.208. The zero-order valence-corrected chi connectivity index (χ0v) is 13.3. The van der Waals surface area contributed by atoms with Gasteiger partial charge in [-0.15, -0.1) is 0 Å². The predicted octanol–water partition coefficient (Wildman–Crippen LogP) is -0.929. The highest BCUT2D eigenvalue weighted by molar-refractivity contribution is 5.82. The molecule has 2 saturated heterocycles. The van der Waals surface area contributed by atoms with E-state index in [1.54, 1.807) is 11.9 Å². The highest BCUT2D eigenvalue weighted by Gasteiger charge is 2.52. The van der Waals surface area contributed by atoms with Crippen molar-refractivity contribution >= 4 is 11.8 Å². The molecule has 1 atom stereocenters. The van der Waals surface area contributed by atoms with Gasteiger partial charge < -0.3 is 19.7 Å². The maximum absolute atomic E-state index is 12.0.